The molecule has 1 unspecified atom stereocenters. The summed E-state index contributed by atoms with van der Waals surface area (Å²) < 4.78 is 14.8. The summed E-state index contributed by atoms with van der Waals surface area (Å²) in [5.74, 6) is -3.35. The monoisotopic (exact) mass is 514 g/mol. The highest BCUT2D eigenvalue weighted by Crippen LogP contribution is 2.32. The highest BCUT2D eigenvalue weighted by molar-refractivity contribution is 6.34. The Morgan fingerprint density at radius 1 is 1.16 bits per heavy atom. The number of hydrogen-bond acceptors (Lipinski definition) is 7. The van der Waals surface area contributed by atoms with E-state index in [1.807, 2.05) is 0 Å². The van der Waals surface area contributed by atoms with Crippen molar-refractivity contribution in [3.8, 4) is 5.75 Å². The van der Waals surface area contributed by atoms with Crippen LogP contribution in [0.5, 0.6) is 5.75 Å². The lowest BCUT2D eigenvalue weighted by Crippen LogP contribution is -2.46. The number of carbonyl (C=O) groups is 3. The summed E-state index contributed by atoms with van der Waals surface area (Å²) in [6, 6.07) is 3.89. The molecule has 1 fully saturated rings. The van der Waals surface area contributed by atoms with Crippen molar-refractivity contribution in [1.82, 2.24) is 29.6 Å². The van der Waals surface area contributed by atoms with E-state index in [4.69, 9.17) is 0 Å². The molecule has 37 heavy (non-hydrogen) atoms. The van der Waals surface area contributed by atoms with E-state index in [9.17, 15) is 28.7 Å². The number of nitrogens with one attached hydrogen (secondary N) is 1. The number of aromatic nitrogens is 2. The van der Waals surface area contributed by atoms with Gasteiger partial charge in [0, 0.05) is 53.4 Å². The SMILES string of the molecule is Cc1cc(CNC(=O)c2nc3n(c(=O)c2O)CCN(C2CC2)CC3N(C)C(=O)C(=O)N(C)C)ccc1F. The van der Waals surface area contributed by atoms with Crippen LogP contribution in [0.15, 0.2) is 23.0 Å². The van der Waals surface area contributed by atoms with E-state index in [0.29, 0.717) is 30.3 Å². The van der Waals surface area contributed by atoms with Gasteiger partial charge in [-0.1, -0.05) is 12.1 Å². The Morgan fingerprint density at radius 2 is 1.86 bits per heavy atom. The van der Waals surface area contributed by atoms with Gasteiger partial charge in [0.1, 0.15) is 17.7 Å². The highest BCUT2D eigenvalue weighted by atomic mass is 19.1. The van der Waals surface area contributed by atoms with Crippen molar-refractivity contribution in [2.24, 2.45) is 0 Å². The number of rotatable bonds is 5. The average molecular weight is 515 g/mol. The van der Waals surface area contributed by atoms with Gasteiger partial charge in [0.2, 0.25) is 5.75 Å². The number of likely N-dealkylation sites (N-methyl/N-ethyl adjacent to an activating group) is 2. The van der Waals surface area contributed by atoms with Gasteiger partial charge in [-0.25, -0.2) is 9.37 Å². The van der Waals surface area contributed by atoms with Crippen molar-refractivity contribution in [2.45, 2.75) is 44.9 Å². The Kier molecular flexibility index (Phi) is 7.30. The van der Waals surface area contributed by atoms with Crippen LogP contribution in [0.2, 0.25) is 0 Å². The molecule has 2 aromatic rings. The largest absolute Gasteiger partial charge is 0.501 e. The van der Waals surface area contributed by atoms with Crippen molar-refractivity contribution < 1.29 is 23.9 Å². The number of carbonyl (C=O) groups excluding carboxylic acids is 3. The summed E-state index contributed by atoms with van der Waals surface area (Å²) in [6.45, 7) is 2.65. The van der Waals surface area contributed by atoms with Crippen LogP contribution in [0.1, 0.15) is 46.3 Å². The summed E-state index contributed by atoms with van der Waals surface area (Å²) >= 11 is 0. The van der Waals surface area contributed by atoms with Gasteiger partial charge in [-0.3, -0.25) is 28.6 Å². The Bertz CT molecular complexity index is 1310. The molecule has 1 aromatic heterocycles. The smallest absolute Gasteiger partial charge is 0.312 e. The second-order valence-electron chi connectivity index (χ2n) is 9.75. The van der Waals surface area contributed by atoms with Crippen LogP contribution in [0.4, 0.5) is 4.39 Å². The second-order valence-corrected chi connectivity index (χ2v) is 9.75. The van der Waals surface area contributed by atoms with Gasteiger partial charge in [0.05, 0.1) is 0 Å². The number of halogens is 1. The normalized spacial score (nSPS) is 17.5. The number of nitrogens with zero attached hydrogens (tertiary/aromatic N) is 5. The second kappa shape index (κ2) is 10.3. The quantitative estimate of drug-likeness (QED) is 0.553. The molecule has 4 rings (SSSR count). The minimum Gasteiger partial charge on any atom is -0.501 e. The molecule has 0 radical (unpaired) electrons. The molecule has 2 heterocycles. The summed E-state index contributed by atoms with van der Waals surface area (Å²) in [5.41, 5.74) is -0.224. The molecule has 2 aliphatic rings. The molecule has 12 heteroatoms. The third-order valence-corrected chi connectivity index (χ3v) is 6.82. The molecule has 1 aromatic carbocycles. The zero-order valence-corrected chi connectivity index (χ0v) is 21.3. The van der Waals surface area contributed by atoms with E-state index in [1.54, 1.807) is 13.0 Å². The van der Waals surface area contributed by atoms with Crippen LogP contribution < -0.4 is 10.9 Å². The number of fused-ring (bicyclic) bond motifs is 1. The molecule has 2 N–H and O–H groups in total. The lowest BCUT2D eigenvalue weighted by molar-refractivity contribution is -0.151. The average Bonchev–Trinajstić information content (AvgIpc) is 3.72. The summed E-state index contributed by atoms with van der Waals surface area (Å²) in [6.07, 6.45) is 1.98. The van der Waals surface area contributed by atoms with Crippen LogP contribution in [0.3, 0.4) is 0 Å². The molecular weight excluding hydrogens is 483 g/mol. The van der Waals surface area contributed by atoms with Crippen LogP contribution in [-0.4, -0.2) is 87.4 Å². The number of amides is 3. The highest BCUT2D eigenvalue weighted by Gasteiger charge is 2.39. The lowest BCUT2D eigenvalue weighted by atomic mass is 10.1. The first-order chi connectivity index (χ1) is 17.5. The molecule has 0 bridgehead atoms. The molecule has 3 amide bonds. The maximum absolute atomic E-state index is 13.6. The Morgan fingerprint density at radius 3 is 2.49 bits per heavy atom. The zero-order chi connectivity index (χ0) is 27.0. The van der Waals surface area contributed by atoms with Crippen LogP contribution in [0, 0.1) is 12.7 Å². The standard InChI is InChI=1S/C25H31FN6O5/c1-14-11-15(5-8-17(14)26)12-27-22(34)19-20(33)23(35)32-10-9-31(16-6-7-16)13-18(21(32)28-19)30(4)25(37)24(36)29(2)3/h5,8,11,16,18,33H,6-7,9-10,12-13H2,1-4H3,(H,27,34). The van der Waals surface area contributed by atoms with E-state index in [0.717, 1.165) is 12.8 Å². The lowest BCUT2D eigenvalue weighted by Gasteiger charge is -2.31. The molecule has 0 saturated heterocycles. The van der Waals surface area contributed by atoms with E-state index >= 15 is 0 Å². The van der Waals surface area contributed by atoms with Gasteiger partial charge in [0.15, 0.2) is 5.69 Å². The van der Waals surface area contributed by atoms with Gasteiger partial charge in [-0.15, -0.1) is 0 Å². The van der Waals surface area contributed by atoms with Gasteiger partial charge >= 0.3 is 11.8 Å². The number of aromatic hydroxyl groups is 1. The first-order valence-electron chi connectivity index (χ1n) is 12.1. The molecule has 1 aliphatic heterocycles. The fourth-order valence-electron chi connectivity index (χ4n) is 4.45. The molecule has 0 spiro atoms. The van der Waals surface area contributed by atoms with Crippen molar-refractivity contribution in [2.75, 3.05) is 34.2 Å². The number of hydrogen-bond donors (Lipinski definition) is 2. The van der Waals surface area contributed by atoms with Crippen molar-refractivity contribution in [3.05, 3.63) is 57.0 Å². The molecule has 198 valence electrons. The van der Waals surface area contributed by atoms with Crippen molar-refractivity contribution >= 4 is 17.7 Å². The van der Waals surface area contributed by atoms with E-state index in [-0.39, 0.29) is 24.7 Å². The van der Waals surface area contributed by atoms with E-state index in [1.165, 1.54) is 47.6 Å². The van der Waals surface area contributed by atoms with Crippen molar-refractivity contribution in [3.63, 3.8) is 0 Å². The third-order valence-electron chi connectivity index (χ3n) is 6.82. The molecule has 1 aliphatic carbocycles. The van der Waals surface area contributed by atoms with Crippen LogP contribution >= 0.6 is 0 Å². The topological polar surface area (TPSA) is 128 Å². The fourth-order valence-corrected chi connectivity index (χ4v) is 4.45. The summed E-state index contributed by atoms with van der Waals surface area (Å²) in [4.78, 5) is 60.4. The fraction of sp³-hybridized carbons (Fsp3) is 0.480. The minimum absolute atomic E-state index is 0.0219. The first-order valence-corrected chi connectivity index (χ1v) is 12.1. The molecule has 1 saturated carbocycles. The molecular formula is C25H31FN6O5. The number of benzene rings is 1. The first kappa shape index (κ1) is 26.3. The maximum Gasteiger partial charge on any atom is 0.312 e. The van der Waals surface area contributed by atoms with Gasteiger partial charge < -0.3 is 20.2 Å². The van der Waals surface area contributed by atoms with Gasteiger partial charge in [-0.05, 0) is 37.0 Å². The van der Waals surface area contributed by atoms with Gasteiger partial charge in [-0.2, -0.15) is 0 Å². The van der Waals surface area contributed by atoms with Gasteiger partial charge in [0.25, 0.3) is 11.5 Å². The Balaban J connectivity index is 1.69. The Hall–Kier alpha value is -3.80. The minimum atomic E-state index is -0.806. The maximum atomic E-state index is 13.6. The summed E-state index contributed by atoms with van der Waals surface area (Å²) in [7, 11) is 4.40. The predicted octanol–water partition coefficient (Wildman–Crippen LogP) is 0.392. The third kappa shape index (κ3) is 5.33. The zero-order valence-electron chi connectivity index (χ0n) is 21.3. The molecule has 1 atom stereocenters. The van der Waals surface area contributed by atoms with Crippen molar-refractivity contribution in [1.29, 1.82) is 0 Å². The van der Waals surface area contributed by atoms with E-state index in [2.05, 4.69) is 15.2 Å². The summed E-state index contributed by atoms with van der Waals surface area (Å²) in [5, 5.41) is 13.2. The Labute approximate surface area is 213 Å². The van der Waals surface area contributed by atoms with Crippen LogP contribution in [0.25, 0.3) is 0 Å². The molecule has 11 nitrogen and oxygen atoms in total. The van der Waals surface area contributed by atoms with Crippen LogP contribution in [-0.2, 0) is 22.7 Å². The number of aryl methyl sites for hydroxylation is 1. The van der Waals surface area contributed by atoms with E-state index < -0.39 is 40.8 Å². The predicted molar refractivity (Wildman–Crippen MR) is 131 cm³/mol.